The van der Waals surface area contributed by atoms with E-state index in [0.717, 1.165) is 11.1 Å². The molecular formula is C25H30N4O3S2. The van der Waals surface area contributed by atoms with Crippen LogP contribution < -0.4 is 5.43 Å². The number of morpholine rings is 1. The number of rotatable bonds is 7. The van der Waals surface area contributed by atoms with Crippen molar-refractivity contribution in [3.05, 3.63) is 65.0 Å². The molecule has 2 unspecified atom stereocenters. The third-order valence-electron chi connectivity index (χ3n) is 5.63. The lowest BCUT2D eigenvalue weighted by Gasteiger charge is -2.34. The Kier molecular flexibility index (Phi) is 7.47. The van der Waals surface area contributed by atoms with Gasteiger partial charge >= 0.3 is 0 Å². The zero-order valence-electron chi connectivity index (χ0n) is 19.8. The Morgan fingerprint density at radius 1 is 1.15 bits per heavy atom. The van der Waals surface area contributed by atoms with Crippen molar-refractivity contribution in [1.29, 1.82) is 0 Å². The van der Waals surface area contributed by atoms with Crippen LogP contribution in [-0.4, -0.2) is 49.2 Å². The lowest BCUT2D eigenvalue weighted by atomic mass is 10.0. The standard InChI is InChI=1S/C25H30N4O3S2/c1-17(2)21-10-8-20(9-11-21)13-26-28-25-27-24(16-33-25)22-6-5-7-23(12-22)34(30,31)29-14-18(3)32-19(4)15-29/h5-13,16-19H,14-15H2,1-4H3,(H,27,28). The summed E-state index contributed by atoms with van der Waals surface area (Å²) in [6.45, 7) is 8.81. The summed E-state index contributed by atoms with van der Waals surface area (Å²) in [5.41, 5.74) is 6.69. The number of nitrogens with zero attached hydrogens (tertiary/aromatic N) is 3. The van der Waals surface area contributed by atoms with Crippen LogP contribution in [0.1, 0.15) is 44.7 Å². The van der Waals surface area contributed by atoms with Crippen molar-refractivity contribution in [2.75, 3.05) is 18.5 Å². The van der Waals surface area contributed by atoms with Crippen molar-refractivity contribution >= 4 is 32.7 Å². The van der Waals surface area contributed by atoms with Gasteiger partial charge in [0.05, 0.1) is 29.0 Å². The van der Waals surface area contributed by atoms with Crippen molar-refractivity contribution in [2.24, 2.45) is 5.10 Å². The molecule has 1 N–H and O–H groups in total. The van der Waals surface area contributed by atoms with Crippen LogP contribution in [0, 0.1) is 0 Å². The van der Waals surface area contributed by atoms with E-state index in [1.807, 2.05) is 37.4 Å². The summed E-state index contributed by atoms with van der Waals surface area (Å²) in [5.74, 6) is 0.493. The predicted octanol–water partition coefficient (Wildman–Crippen LogP) is 5.18. The number of benzene rings is 2. The van der Waals surface area contributed by atoms with Gasteiger partial charge in [-0.3, -0.25) is 5.43 Å². The molecule has 3 aromatic rings. The van der Waals surface area contributed by atoms with E-state index in [4.69, 9.17) is 4.74 Å². The zero-order chi connectivity index (χ0) is 24.3. The minimum atomic E-state index is -3.62. The summed E-state index contributed by atoms with van der Waals surface area (Å²) in [6, 6.07) is 15.2. The second-order valence-corrected chi connectivity index (χ2v) is 11.6. The summed E-state index contributed by atoms with van der Waals surface area (Å²) < 4.78 is 33.6. The first kappa shape index (κ1) is 24.5. The van der Waals surface area contributed by atoms with Crippen molar-refractivity contribution in [3.63, 3.8) is 0 Å². The maximum Gasteiger partial charge on any atom is 0.243 e. The maximum absolute atomic E-state index is 13.2. The van der Waals surface area contributed by atoms with Crippen LogP contribution >= 0.6 is 11.3 Å². The van der Waals surface area contributed by atoms with Crippen molar-refractivity contribution in [1.82, 2.24) is 9.29 Å². The van der Waals surface area contributed by atoms with Gasteiger partial charge in [-0.05, 0) is 43.0 Å². The van der Waals surface area contributed by atoms with E-state index >= 15 is 0 Å². The van der Waals surface area contributed by atoms with Crippen LogP contribution in [0.3, 0.4) is 0 Å². The van der Waals surface area contributed by atoms with E-state index in [1.54, 1.807) is 24.4 Å². The average molecular weight is 499 g/mol. The molecule has 1 aliphatic heterocycles. The number of hydrogen-bond acceptors (Lipinski definition) is 7. The molecule has 0 aliphatic carbocycles. The van der Waals surface area contributed by atoms with E-state index in [-0.39, 0.29) is 17.1 Å². The van der Waals surface area contributed by atoms with Gasteiger partial charge in [-0.1, -0.05) is 50.2 Å². The Morgan fingerprint density at radius 3 is 2.53 bits per heavy atom. The quantitative estimate of drug-likeness (QED) is 0.359. The SMILES string of the molecule is CC1CN(S(=O)(=O)c2cccc(-c3csc(NN=Cc4ccc(C(C)C)cc4)n3)c2)CC(C)O1. The van der Waals surface area contributed by atoms with Gasteiger partial charge in [0, 0.05) is 24.0 Å². The first-order valence-corrected chi connectivity index (χ1v) is 13.6. The number of aromatic nitrogens is 1. The number of thiazole rings is 1. The normalized spacial score (nSPS) is 19.7. The summed E-state index contributed by atoms with van der Waals surface area (Å²) in [7, 11) is -3.62. The maximum atomic E-state index is 13.2. The topological polar surface area (TPSA) is 83.9 Å². The Hall–Kier alpha value is -2.59. The van der Waals surface area contributed by atoms with Crippen molar-refractivity contribution < 1.29 is 13.2 Å². The second kappa shape index (κ2) is 10.4. The van der Waals surface area contributed by atoms with Gasteiger partial charge < -0.3 is 4.74 Å². The Morgan fingerprint density at radius 2 is 1.85 bits per heavy atom. The van der Waals surface area contributed by atoms with Crippen LogP contribution in [0.4, 0.5) is 5.13 Å². The first-order valence-electron chi connectivity index (χ1n) is 11.3. The fraction of sp³-hybridized carbons (Fsp3) is 0.360. The Balaban J connectivity index is 1.46. The van der Waals surface area contributed by atoms with Gasteiger partial charge in [-0.25, -0.2) is 13.4 Å². The third kappa shape index (κ3) is 5.72. The van der Waals surface area contributed by atoms with Gasteiger partial charge in [0.1, 0.15) is 0 Å². The largest absolute Gasteiger partial charge is 0.373 e. The van der Waals surface area contributed by atoms with Crippen LogP contribution in [0.2, 0.25) is 0 Å². The molecule has 9 heteroatoms. The molecule has 1 fully saturated rings. The van der Waals surface area contributed by atoms with Gasteiger partial charge in [0.15, 0.2) is 0 Å². The molecule has 2 heterocycles. The summed E-state index contributed by atoms with van der Waals surface area (Å²) >= 11 is 1.42. The molecule has 0 bridgehead atoms. The molecule has 7 nitrogen and oxygen atoms in total. The second-order valence-electron chi connectivity index (χ2n) is 8.84. The molecule has 1 aromatic heterocycles. The molecule has 0 saturated carbocycles. The third-order valence-corrected chi connectivity index (χ3v) is 8.21. The fourth-order valence-electron chi connectivity index (χ4n) is 3.88. The molecule has 34 heavy (non-hydrogen) atoms. The lowest BCUT2D eigenvalue weighted by Crippen LogP contribution is -2.48. The summed E-state index contributed by atoms with van der Waals surface area (Å²) in [4.78, 5) is 4.83. The van der Waals surface area contributed by atoms with Gasteiger partial charge in [0.25, 0.3) is 0 Å². The molecule has 180 valence electrons. The smallest absolute Gasteiger partial charge is 0.243 e. The molecule has 1 aliphatic rings. The predicted molar refractivity (Wildman–Crippen MR) is 138 cm³/mol. The molecule has 1 saturated heterocycles. The lowest BCUT2D eigenvalue weighted by molar-refractivity contribution is -0.0440. The highest BCUT2D eigenvalue weighted by Gasteiger charge is 2.32. The minimum Gasteiger partial charge on any atom is -0.373 e. The highest BCUT2D eigenvalue weighted by atomic mass is 32.2. The number of anilines is 1. The van der Waals surface area contributed by atoms with Crippen molar-refractivity contribution in [2.45, 2.75) is 50.7 Å². The fourth-order valence-corrected chi connectivity index (χ4v) is 6.18. The highest BCUT2D eigenvalue weighted by molar-refractivity contribution is 7.89. The van der Waals surface area contributed by atoms with Crippen molar-refractivity contribution in [3.8, 4) is 11.3 Å². The van der Waals surface area contributed by atoms with Crippen LogP contribution in [-0.2, 0) is 14.8 Å². The number of hydrazone groups is 1. The number of sulfonamides is 1. The van der Waals surface area contributed by atoms with E-state index in [2.05, 4.69) is 41.5 Å². The number of ether oxygens (including phenoxy) is 1. The van der Waals surface area contributed by atoms with Gasteiger partial charge in [-0.15, -0.1) is 11.3 Å². The zero-order valence-corrected chi connectivity index (χ0v) is 21.4. The Labute approximate surface area is 205 Å². The molecule has 0 radical (unpaired) electrons. The van der Waals surface area contributed by atoms with Gasteiger partial charge in [0.2, 0.25) is 15.2 Å². The van der Waals surface area contributed by atoms with Crippen LogP contribution in [0.15, 0.2) is 63.9 Å². The van der Waals surface area contributed by atoms with E-state index in [9.17, 15) is 8.42 Å². The van der Waals surface area contributed by atoms with E-state index < -0.39 is 10.0 Å². The van der Waals surface area contributed by atoms with Crippen LogP contribution in [0.25, 0.3) is 11.3 Å². The molecule has 0 spiro atoms. The number of nitrogens with one attached hydrogen (secondary N) is 1. The highest BCUT2D eigenvalue weighted by Crippen LogP contribution is 2.28. The molecule has 0 amide bonds. The first-order chi connectivity index (χ1) is 16.2. The number of hydrogen-bond donors (Lipinski definition) is 1. The molecule has 2 aromatic carbocycles. The molecular weight excluding hydrogens is 468 g/mol. The minimum absolute atomic E-state index is 0.137. The molecule has 2 atom stereocenters. The van der Waals surface area contributed by atoms with E-state index in [0.29, 0.717) is 29.8 Å². The monoisotopic (exact) mass is 498 g/mol. The van der Waals surface area contributed by atoms with Crippen LogP contribution in [0.5, 0.6) is 0 Å². The summed E-state index contributed by atoms with van der Waals surface area (Å²) in [6.07, 6.45) is 1.48. The molecule has 4 rings (SSSR count). The average Bonchev–Trinajstić information content (AvgIpc) is 3.28. The summed E-state index contributed by atoms with van der Waals surface area (Å²) in [5, 5.41) is 6.81. The van der Waals surface area contributed by atoms with Gasteiger partial charge in [-0.2, -0.15) is 9.41 Å². The Bertz CT molecular complexity index is 1240. The van der Waals surface area contributed by atoms with E-state index in [1.165, 1.54) is 21.2 Å².